The standard InChI is InChI=1S/C15H27N3O3/c1-10(16)13(19)18(11-5-6-11)12-7-8-17(9-12)14(20)21-15(2,3)4/h10-12H,5-9,16H2,1-4H3/t10-,12+/m0/s1. The Kier molecular flexibility index (Phi) is 4.46. The monoisotopic (exact) mass is 297 g/mol. The zero-order valence-electron chi connectivity index (χ0n) is 13.5. The SMILES string of the molecule is C[C@H](N)C(=O)N(C1CC1)[C@@H]1CCN(C(=O)OC(C)(C)C)C1. The average Bonchev–Trinajstić information content (AvgIpc) is 3.03. The smallest absolute Gasteiger partial charge is 0.410 e. The van der Waals surface area contributed by atoms with E-state index in [0.29, 0.717) is 19.1 Å². The Hall–Kier alpha value is -1.30. The second kappa shape index (κ2) is 5.83. The van der Waals surface area contributed by atoms with Gasteiger partial charge < -0.3 is 20.3 Å². The maximum atomic E-state index is 12.3. The molecule has 1 saturated carbocycles. The Morgan fingerprint density at radius 3 is 2.33 bits per heavy atom. The molecule has 0 radical (unpaired) electrons. The summed E-state index contributed by atoms with van der Waals surface area (Å²) >= 11 is 0. The van der Waals surface area contributed by atoms with Crippen LogP contribution in [0, 0.1) is 0 Å². The normalized spacial score (nSPS) is 23.9. The van der Waals surface area contributed by atoms with E-state index in [0.717, 1.165) is 19.3 Å². The summed E-state index contributed by atoms with van der Waals surface area (Å²) in [6.45, 7) is 8.47. The molecule has 2 aliphatic rings. The fraction of sp³-hybridized carbons (Fsp3) is 0.867. The highest BCUT2D eigenvalue weighted by Crippen LogP contribution is 2.32. The van der Waals surface area contributed by atoms with Crippen LogP contribution in [0.25, 0.3) is 0 Å². The number of hydrogen-bond donors (Lipinski definition) is 1. The Labute approximate surface area is 126 Å². The van der Waals surface area contributed by atoms with Gasteiger partial charge in [-0.15, -0.1) is 0 Å². The fourth-order valence-electron chi connectivity index (χ4n) is 2.71. The van der Waals surface area contributed by atoms with Crippen molar-refractivity contribution in [2.45, 2.75) is 70.7 Å². The first-order valence-corrected chi connectivity index (χ1v) is 7.74. The lowest BCUT2D eigenvalue weighted by Gasteiger charge is -2.31. The van der Waals surface area contributed by atoms with Gasteiger partial charge in [-0.25, -0.2) is 4.79 Å². The summed E-state index contributed by atoms with van der Waals surface area (Å²) in [5, 5.41) is 0. The number of likely N-dealkylation sites (tertiary alicyclic amines) is 1. The Morgan fingerprint density at radius 2 is 1.86 bits per heavy atom. The molecule has 21 heavy (non-hydrogen) atoms. The minimum atomic E-state index is -0.493. The Balaban J connectivity index is 1.97. The molecular formula is C15H27N3O3. The number of amides is 2. The molecule has 0 aromatic rings. The average molecular weight is 297 g/mol. The van der Waals surface area contributed by atoms with Crippen molar-refractivity contribution in [2.24, 2.45) is 5.73 Å². The molecule has 0 aromatic heterocycles. The lowest BCUT2D eigenvalue weighted by Crippen LogP contribution is -2.50. The van der Waals surface area contributed by atoms with Crippen LogP contribution in [-0.2, 0) is 9.53 Å². The molecule has 1 aliphatic heterocycles. The zero-order chi connectivity index (χ0) is 15.8. The van der Waals surface area contributed by atoms with Gasteiger partial charge in [0, 0.05) is 19.1 Å². The summed E-state index contributed by atoms with van der Waals surface area (Å²) in [4.78, 5) is 28.0. The number of nitrogens with two attached hydrogens (primary N) is 1. The van der Waals surface area contributed by atoms with Gasteiger partial charge in [0.2, 0.25) is 5.91 Å². The van der Waals surface area contributed by atoms with E-state index in [1.165, 1.54) is 0 Å². The van der Waals surface area contributed by atoms with Crippen LogP contribution < -0.4 is 5.73 Å². The van der Waals surface area contributed by atoms with Crippen LogP contribution in [0.3, 0.4) is 0 Å². The van der Waals surface area contributed by atoms with Crippen LogP contribution in [0.2, 0.25) is 0 Å². The van der Waals surface area contributed by atoms with Gasteiger partial charge in [-0.1, -0.05) is 0 Å². The topological polar surface area (TPSA) is 75.9 Å². The summed E-state index contributed by atoms with van der Waals surface area (Å²) < 4.78 is 5.39. The summed E-state index contributed by atoms with van der Waals surface area (Å²) in [5.74, 6) is -0.00598. The number of nitrogens with zero attached hydrogens (tertiary/aromatic N) is 2. The molecule has 2 fully saturated rings. The van der Waals surface area contributed by atoms with Crippen molar-refractivity contribution in [3.8, 4) is 0 Å². The minimum Gasteiger partial charge on any atom is -0.444 e. The predicted octanol–water partition coefficient (Wildman–Crippen LogP) is 1.33. The number of hydrogen-bond acceptors (Lipinski definition) is 4. The molecule has 1 saturated heterocycles. The highest BCUT2D eigenvalue weighted by molar-refractivity contribution is 5.82. The van der Waals surface area contributed by atoms with Crippen molar-refractivity contribution >= 4 is 12.0 Å². The van der Waals surface area contributed by atoms with E-state index >= 15 is 0 Å². The molecule has 0 aromatic carbocycles. The van der Waals surface area contributed by atoms with E-state index in [2.05, 4.69) is 0 Å². The van der Waals surface area contributed by atoms with Crippen LogP contribution in [0.1, 0.15) is 47.0 Å². The summed E-state index contributed by atoms with van der Waals surface area (Å²) in [7, 11) is 0. The van der Waals surface area contributed by atoms with E-state index in [-0.39, 0.29) is 18.0 Å². The number of carbonyl (C=O) groups excluding carboxylic acids is 2. The summed E-state index contributed by atoms with van der Waals surface area (Å²) in [5.41, 5.74) is 5.26. The van der Waals surface area contributed by atoms with Gasteiger partial charge in [-0.3, -0.25) is 4.79 Å². The third kappa shape index (κ3) is 4.09. The van der Waals surface area contributed by atoms with Gasteiger partial charge in [0.25, 0.3) is 0 Å². The minimum absolute atomic E-state index is 0.00598. The lowest BCUT2D eigenvalue weighted by atomic mass is 10.2. The summed E-state index contributed by atoms with van der Waals surface area (Å²) in [6, 6.07) is -0.100. The molecule has 2 atom stereocenters. The molecule has 6 nitrogen and oxygen atoms in total. The molecule has 0 spiro atoms. The molecule has 2 amide bonds. The highest BCUT2D eigenvalue weighted by atomic mass is 16.6. The third-order valence-corrected chi connectivity index (χ3v) is 3.79. The van der Waals surface area contributed by atoms with Crippen molar-refractivity contribution < 1.29 is 14.3 Å². The molecule has 1 heterocycles. The molecule has 6 heteroatoms. The first-order chi connectivity index (χ1) is 9.69. The van der Waals surface area contributed by atoms with E-state index in [9.17, 15) is 9.59 Å². The lowest BCUT2D eigenvalue weighted by molar-refractivity contribution is -0.135. The number of carbonyl (C=O) groups is 2. The van der Waals surface area contributed by atoms with Gasteiger partial charge in [0.15, 0.2) is 0 Å². The number of rotatable bonds is 3. The Bertz CT molecular complexity index is 413. The van der Waals surface area contributed by atoms with Crippen molar-refractivity contribution in [2.75, 3.05) is 13.1 Å². The largest absolute Gasteiger partial charge is 0.444 e. The first kappa shape index (κ1) is 16.1. The molecule has 1 aliphatic carbocycles. The van der Waals surface area contributed by atoms with Crippen molar-refractivity contribution in [3.05, 3.63) is 0 Å². The van der Waals surface area contributed by atoms with Crippen molar-refractivity contribution in [1.82, 2.24) is 9.80 Å². The van der Waals surface area contributed by atoms with Crippen LogP contribution in [0.15, 0.2) is 0 Å². The number of ether oxygens (including phenoxy) is 1. The summed E-state index contributed by atoms with van der Waals surface area (Å²) in [6.07, 6.45) is 2.59. The van der Waals surface area contributed by atoms with Crippen LogP contribution in [0.4, 0.5) is 4.79 Å². The van der Waals surface area contributed by atoms with Crippen molar-refractivity contribution in [1.29, 1.82) is 0 Å². The molecular weight excluding hydrogens is 270 g/mol. The third-order valence-electron chi connectivity index (χ3n) is 3.79. The van der Waals surface area contributed by atoms with Gasteiger partial charge in [-0.05, 0) is 47.0 Å². The molecule has 120 valence electrons. The van der Waals surface area contributed by atoms with E-state index in [1.807, 2.05) is 25.7 Å². The first-order valence-electron chi connectivity index (χ1n) is 7.74. The molecule has 0 bridgehead atoms. The predicted molar refractivity (Wildman–Crippen MR) is 79.7 cm³/mol. The van der Waals surface area contributed by atoms with Crippen LogP contribution in [0.5, 0.6) is 0 Å². The second-order valence-electron chi connectivity index (χ2n) is 7.13. The van der Waals surface area contributed by atoms with Gasteiger partial charge in [0.05, 0.1) is 12.1 Å². The van der Waals surface area contributed by atoms with Gasteiger partial charge in [-0.2, -0.15) is 0 Å². The van der Waals surface area contributed by atoms with E-state index in [1.54, 1.807) is 11.8 Å². The van der Waals surface area contributed by atoms with Crippen LogP contribution in [-0.4, -0.2) is 58.6 Å². The fourth-order valence-corrected chi connectivity index (χ4v) is 2.71. The second-order valence-corrected chi connectivity index (χ2v) is 7.13. The molecule has 0 unspecified atom stereocenters. The highest BCUT2D eigenvalue weighted by Gasteiger charge is 2.42. The zero-order valence-corrected chi connectivity index (χ0v) is 13.5. The maximum Gasteiger partial charge on any atom is 0.410 e. The van der Waals surface area contributed by atoms with E-state index < -0.39 is 11.6 Å². The van der Waals surface area contributed by atoms with Crippen LogP contribution >= 0.6 is 0 Å². The quantitative estimate of drug-likeness (QED) is 0.853. The maximum absolute atomic E-state index is 12.3. The molecule has 2 N–H and O–H groups in total. The molecule has 2 rings (SSSR count). The van der Waals surface area contributed by atoms with E-state index in [4.69, 9.17) is 10.5 Å². The van der Waals surface area contributed by atoms with Gasteiger partial charge >= 0.3 is 6.09 Å². The van der Waals surface area contributed by atoms with Gasteiger partial charge in [0.1, 0.15) is 5.60 Å². The Morgan fingerprint density at radius 1 is 1.24 bits per heavy atom. The van der Waals surface area contributed by atoms with Crippen molar-refractivity contribution in [3.63, 3.8) is 0 Å².